The zero-order valence-corrected chi connectivity index (χ0v) is 10.6. The van der Waals surface area contributed by atoms with Crippen LogP contribution in [0.15, 0.2) is 24.3 Å². The first kappa shape index (κ1) is 13.5. The molecule has 0 saturated heterocycles. The maximum Gasteiger partial charge on any atom is 0.251 e. The van der Waals surface area contributed by atoms with Crippen LogP contribution in [0.4, 0.5) is 0 Å². The number of methoxy groups -OCH3 is 1. The Hall–Kier alpha value is -1.55. The first-order valence-corrected chi connectivity index (χ1v) is 5.73. The van der Waals surface area contributed by atoms with Crippen molar-refractivity contribution in [1.82, 2.24) is 5.32 Å². The van der Waals surface area contributed by atoms with Crippen LogP contribution in [-0.4, -0.2) is 25.1 Å². The summed E-state index contributed by atoms with van der Waals surface area (Å²) in [5.74, 6) is 0.578. The Labute approximate surface area is 102 Å². The van der Waals surface area contributed by atoms with Crippen molar-refractivity contribution in [3.63, 3.8) is 0 Å². The van der Waals surface area contributed by atoms with E-state index in [4.69, 9.17) is 10.5 Å². The Morgan fingerprint density at radius 2 is 2.18 bits per heavy atom. The monoisotopic (exact) mass is 236 g/mol. The smallest absolute Gasteiger partial charge is 0.251 e. The summed E-state index contributed by atoms with van der Waals surface area (Å²) in [6.07, 6.45) is 0.760. The van der Waals surface area contributed by atoms with Crippen molar-refractivity contribution in [2.45, 2.75) is 32.4 Å². The average molecular weight is 236 g/mol. The highest BCUT2D eigenvalue weighted by Crippen LogP contribution is 2.12. The van der Waals surface area contributed by atoms with E-state index in [9.17, 15) is 4.79 Å². The molecule has 0 aromatic heterocycles. The minimum atomic E-state index is -0.1000. The lowest BCUT2D eigenvalue weighted by molar-refractivity contribution is 0.0937. The standard InChI is InChI=1S/C13H20N2O2/c1-9(14)7-10(2)15-13(16)11-5-4-6-12(8-11)17-3/h4-6,8-10H,7,14H2,1-3H3,(H,15,16). The Morgan fingerprint density at radius 1 is 1.47 bits per heavy atom. The number of hydrogen-bond donors (Lipinski definition) is 2. The molecule has 0 heterocycles. The Morgan fingerprint density at radius 3 is 2.76 bits per heavy atom. The Bertz CT molecular complexity index is 377. The van der Waals surface area contributed by atoms with Crippen LogP contribution in [0.2, 0.25) is 0 Å². The number of hydrogen-bond acceptors (Lipinski definition) is 3. The van der Waals surface area contributed by atoms with Gasteiger partial charge in [0.2, 0.25) is 0 Å². The van der Waals surface area contributed by atoms with Crippen molar-refractivity contribution in [3.05, 3.63) is 29.8 Å². The number of nitrogens with two attached hydrogens (primary N) is 1. The number of carbonyl (C=O) groups is 1. The summed E-state index contributed by atoms with van der Waals surface area (Å²) < 4.78 is 5.07. The SMILES string of the molecule is COc1cccc(C(=O)NC(C)CC(C)N)c1. The molecule has 0 aliphatic carbocycles. The lowest BCUT2D eigenvalue weighted by Crippen LogP contribution is -2.36. The molecular formula is C13H20N2O2. The fourth-order valence-corrected chi connectivity index (χ4v) is 1.69. The molecule has 4 nitrogen and oxygen atoms in total. The van der Waals surface area contributed by atoms with Gasteiger partial charge < -0.3 is 15.8 Å². The largest absolute Gasteiger partial charge is 0.497 e. The Kier molecular flexibility index (Phi) is 4.97. The number of benzene rings is 1. The third-order valence-corrected chi connectivity index (χ3v) is 2.43. The molecular weight excluding hydrogens is 216 g/mol. The molecule has 0 spiro atoms. The van der Waals surface area contributed by atoms with Crippen LogP contribution in [0, 0.1) is 0 Å². The van der Waals surface area contributed by atoms with E-state index in [2.05, 4.69) is 5.32 Å². The quantitative estimate of drug-likeness (QED) is 0.815. The number of amides is 1. The van der Waals surface area contributed by atoms with E-state index in [0.717, 1.165) is 6.42 Å². The van der Waals surface area contributed by atoms with Gasteiger partial charge in [-0.3, -0.25) is 4.79 Å². The Balaban J connectivity index is 2.63. The van der Waals surface area contributed by atoms with Crippen molar-refractivity contribution in [2.24, 2.45) is 5.73 Å². The van der Waals surface area contributed by atoms with E-state index >= 15 is 0 Å². The lowest BCUT2D eigenvalue weighted by atomic mass is 10.1. The highest BCUT2D eigenvalue weighted by atomic mass is 16.5. The van der Waals surface area contributed by atoms with Crippen LogP contribution in [0.1, 0.15) is 30.6 Å². The second-order valence-corrected chi connectivity index (χ2v) is 4.32. The molecule has 0 aliphatic heterocycles. The van der Waals surface area contributed by atoms with Gasteiger partial charge in [-0.2, -0.15) is 0 Å². The van der Waals surface area contributed by atoms with E-state index in [1.165, 1.54) is 0 Å². The minimum absolute atomic E-state index is 0.0636. The molecule has 0 aliphatic rings. The summed E-state index contributed by atoms with van der Waals surface area (Å²) in [5.41, 5.74) is 6.28. The van der Waals surface area contributed by atoms with E-state index in [0.29, 0.717) is 11.3 Å². The highest BCUT2D eigenvalue weighted by molar-refractivity contribution is 5.94. The van der Waals surface area contributed by atoms with Crippen molar-refractivity contribution < 1.29 is 9.53 Å². The third-order valence-electron chi connectivity index (χ3n) is 2.43. The van der Waals surface area contributed by atoms with Crippen molar-refractivity contribution in [2.75, 3.05) is 7.11 Å². The molecule has 2 atom stereocenters. The van der Waals surface area contributed by atoms with Crippen LogP contribution >= 0.6 is 0 Å². The molecule has 1 rings (SSSR count). The number of nitrogens with one attached hydrogen (secondary N) is 1. The van der Waals surface area contributed by atoms with Crippen LogP contribution in [-0.2, 0) is 0 Å². The van der Waals surface area contributed by atoms with E-state index in [1.54, 1.807) is 25.3 Å². The van der Waals surface area contributed by atoms with Crippen LogP contribution in [0.3, 0.4) is 0 Å². The van der Waals surface area contributed by atoms with Gasteiger partial charge in [0.05, 0.1) is 7.11 Å². The zero-order valence-electron chi connectivity index (χ0n) is 10.6. The lowest BCUT2D eigenvalue weighted by Gasteiger charge is -2.16. The van der Waals surface area contributed by atoms with Gasteiger partial charge in [0.15, 0.2) is 0 Å². The summed E-state index contributed by atoms with van der Waals surface area (Å²) >= 11 is 0. The molecule has 94 valence electrons. The van der Waals surface area contributed by atoms with E-state index in [-0.39, 0.29) is 18.0 Å². The second kappa shape index (κ2) is 6.25. The molecule has 0 bridgehead atoms. The van der Waals surface area contributed by atoms with Gasteiger partial charge in [-0.1, -0.05) is 6.07 Å². The third kappa shape index (κ3) is 4.44. The molecule has 2 unspecified atom stereocenters. The summed E-state index contributed by atoms with van der Waals surface area (Å²) in [5, 5.41) is 2.90. The molecule has 1 amide bonds. The summed E-state index contributed by atoms with van der Waals surface area (Å²) in [7, 11) is 1.58. The molecule has 17 heavy (non-hydrogen) atoms. The van der Waals surface area contributed by atoms with Gasteiger partial charge in [-0.15, -0.1) is 0 Å². The molecule has 3 N–H and O–H groups in total. The van der Waals surface area contributed by atoms with Gasteiger partial charge in [0.25, 0.3) is 5.91 Å². The van der Waals surface area contributed by atoms with Gasteiger partial charge >= 0.3 is 0 Å². The predicted molar refractivity (Wildman–Crippen MR) is 68.2 cm³/mol. The predicted octanol–water partition coefficient (Wildman–Crippen LogP) is 1.55. The molecule has 1 aromatic carbocycles. The second-order valence-electron chi connectivity index (χ2n) is 4.32. The molecule has 0 saturated carbocycles. The molecule has 1 aromatic rings. The van der Waals surface area contributed by atoms with Crippen molar-refractivity contribution in [3.8, 4) is 5.75 Å². The maximum atomic E-state index is 11.9. The average Bonchev–Trinajstić information content (AvgIpc) is 2.27. The first-order chi connectivity index (χ1) is 8.02. The number of carbonyl (C=O) groups excluding carboxylic acids is 1. The minimum Gasteiger partial charge on any atom is -0.497 e. The van der Waals surface area contributed by atoms with Gasteiger partial charge in [-0.25, -0.2) is 0 Å². The summed E-state index contributed by atoms with van der Waals surface area (Å²) in [6.45, 7) is 3.87. The van der Waals surface area contributed by atoms with Crippen molar-refractivity contribution >= 4 is 5.91 Å². The fourth-order valence-electron chi connectivity index (χ4n) is 1.69. The van der Waals surface area contributed by atoms with E-state index < -0.39 is 0 Å². The highest BCUT2D eigenvalue weighted by Gasteiger charge is 2.11. The summed E-state index contributed by atoms with van der Waals surface area (Å²) in [4.78, 5) is 11.9. The maximum absolute atomic E-state index is 11.9. The van der Waals surface area contributed by atoms with Crippen LogP contribution < -0.4 is 15.8 Å². The fraction of sp³-hybridized carbons (Fsp3) is 0.462. The first-order valence-electron chi connectivity index (χ1n) is 5.73. The van der Waals surface area contributed by atoms with Crippen molar-refractivity contribution in [1.29, 1.82) is 0 Å². The van der Waals surface area contributed by atoms with Crippen LogP contribution in [0.25, 0.3) is 0 Å². The van der Waals surface area contributed by atoms with E-state index in [1.807, 2.05) is 19.9 Å². The number of rotatable bonds is 5. The molecule has 0 fully saturated rings. The number of ether oxygens (including phenoxy) is 1. The van der Waals surface area contributed by atoms with Crippen LogP contribution in [0.5, 0.6) is 5.75 Å². The summed E-state index contributed by atoms with van der Waals surface area (Å²) in [6, 6.07) is 7.22. The van der Waals surface area contributed by atoms with Gasteiger partial charge in [0, 0.05) is 17.6 Å². The normalized spacial score (nSPS) is 13.9. The molecule has 4 heteroatoms. The van der Waals surface area contributed by atoms with Gasteiger partial charge in [0.1, 0.15) is 5.75 Å². The molecule has 0 radical (unpaired) electrons. The van der Waals surface area contributed by atoms with Gasteiger partial charge in [-0.05, 0) is 38.5 Å². The zero-order chi connectivity index (χ0) is 12.8. The topological polar surface area (TPSA) is 64.3 Å².